The lowest BCUT2D eigenvalue weighted by Crippen LogP contribution is -2.09. The molecule has 0 bridgehead atoms. The maximum Gasteiger partial charge on any atom is 0.126 e. The van der Waals surface area contributed by atoms with Gasteiger partial charge >= 0.3 is 0 Å². The molecule has 0 amide bonds. The molecule has 19 heavy (non-hydrogen) atoms. The second-order valence-corrected chi connectivity index (χ2v) is 5.49. The second kappa shape index (κ2) is 4.78. The van der Waals surface area contributed by atoms with E-state index < -0.39 is 0 Å². The number of epoxide rings is 1. The summed E-state index contributed by atoms with van der Waals surface area (Å²) >= 11 is 12.2. The van der Waals surface area contributed by atoms with Crippen LogP contribution in [0.1, 0.15) is 30.6 Å². The van der Waals surface area contributed by atoms with Crippen molar-refractivity contribution in [2.75, 3.05) is 0 Å². The van der Waals surface area contributed by atoms with E-state index in [1.807, 2.05) is 30.5 Å². The zero-order valence-electron chi connectivity index (χ0n) is 10.4. The number of hydrogen-bond donors (Lipinski definition) is 0. The summed E-state index contributed by atoms with van der Waals surface area (Å²) in [4.78, 5) is 4.17. The van der Waals surface area contributed by atoms with Gasteiger partial charge in [0.25, 0.3) is 0 Å². The first-order chi connectivity index (χ1) is 9.17. The Bertz CT molecular complexity index is 602. The SMILES string of the molecule is CCC1(c2cccnc2)OC1c1ccc(Cl)cc1Cl. The van der Waals surface area contributed by atoms with Gasteiger partial charge in [-0.3, -0.25) is 4.98 Å². The van der Waals surface area contributed by atoms with E-state index in [9.17, 15) is 0 Å². The zero-order chi connectivity index (χ0) is 13.5. The molecule has 1 saturated heterocycles. The molecule has 0 radical (unpaired) electrons. The van der Waals surface area contributed by atoms with Gasteiger partial charge in [-0.1, -0.05) is 42.3 Å². The second-order valence-electron chi connectivity index (χ2n) is 4.65. The largest absolute Gasteiger partial charge is 0.356 e. The van der Waals surface area contributed by atoms with E-state index in [0.29, 0.717) is 10.0 Å². The van der Waals surface area contributed by atoms with E-state index >= 15 is 0 Å². The van der Waals surface area contributed by atoms with Gasteiger partial charge in [-0.15, -0.1) is 0 Å². The van der Waals surface area contributed by atoms with Crippen molar-refractivity contribution in [3.63, 3.8) is 0 Å². The molecule has 1 aliphatic rings. The molecule has 1 aromatic heterocycles. The van der Waals surface area contributed by atoms with Gasteiger partial charge < -0.3 is 4.74 Å². The summed E-state index contributed by atoms with van der Waals surface area (Å²) in [6, 6.07) is 9.50. The monoisotopic (exact) mass is 293 g/mol. The Morgan fingerprint density at radius 2 is 2.16 bits per heavy atom. The van der Waals surface area contributed by atoms with Gasteiger partial charge in [-0.2, -0.15) is 0 Å². The third kappa shape index (κ3) is 2.14. The number of halogens is 2. The van der Waals surface area contributed by atoms with Crippen LogP contribution in [0.5, 0.6) is 0 Å². The summed E-state index contributed by atoms with van der Waals surface area (Å²) in [6.07, 6.45) is 4.47. The van der Waals surface area contributed by atoms with Gasteiger partial charge in [0.1, 0.15) is 11.7 Å². The highest BCUT2D eigenvalue weighted by Gasteiger charge is 2.57. The van der Waals surface area contributed by atoms with E-state index in [4.69, 9.17) is 27.9 Å². The predicted molar refractivity (Wildman–Crippen MR) is 76.5 cm³/mol. The lowest BCUT2D eigenvalue weighted by Gasteiger charge is -2.11. The molecule has 0 saturated carbocycles. The Morgan fingerprint density at radius 3 is 2.79 bits per heavy atom. The molecule has 0 spiro atoms. The van der Waals surface area contributed by atoms with Crippen LogP contribution < -0.4 is 0 Å². The molecule has 1 aliphatic heterocycles. The van der Waals surface area contributed by atoms with Gasteiger partial charge in [0, 0.05) is 33.6 Å². The van der Waals surface area contributed by atoms with Crippen molar-refractivity contribution in [2.45, 2.75) is 25.0 Å². The molecule has 2 nitrogen and oxygen atoms in total. The van der Waals surface area contributed by atoms with Crippen LogP contribution in [-0.4, -0.2) is 4.98 Å². The molecule has 2 unspecified atom stereocenters. The van der Waals surface area contributed by atoms with E-state index in [-0.39, 0.29) is 11.7 Å². The summed E-state index contributed by atoms with van der Waals surface area (Å²) in [5.41, 5.74) is 1.77. The lowest BCUT2D eigenvalue weighted by atomic mass is 9.90. The van der Waals surface area contributed by atoms with Gasteiger partial charge in [0.05, 0.1) is 0 Å². The Morgan fingerprint density at radius 1 is 1.32 bits per heavy atom. The van der Waals surface area contributed by atoms with E-state index in [0.717, 1.165) is 17.5 Å². The first kappa shape index (κ1) is 12.9. The number of hydrogen-bond acceptors (Lipinski definition) is 2. The van der Waals surface area contributed by atoms with Crippen LogP contribution >= 0.6 is 23.2 Å². The van der Waals surface area contributed by atoms with Gasteiger partial charge in [-0.25, -0.2) is 0 Å². The Balaban J connectivity index is 1.97. The maximum absolute atomic E-state index is 6.26. The van der Waals surface area contributed by atoms with Crippen molar-refractivity contribution in [1.29, 1.82) is 0 Å². The van der Waals surface area contributed by atoms with Gasteiger partial charge in [0.2, 0.25) is 0 Å². The lowest BCUT2D eigenvalue weighted by molar-refractivity contribution is 0.289. The number of ether oxygens (including phenoxy) is 1. The molecule has 1 aromatic carbocycles. The predicted octanol–water partition coefficient (Wildman–Crippen LogP) is 4.77. The maximum atomic E-state index is 6.26. The average molecular weight is 294 g/mol. The molecule has 4 heteroatoms. The third-order valence-corrected chi connectivity index (χ3v) is 4.18. The molecule has 2 atom stereocenters. The summed E-state index contributed by atoms with van der Waals surface area (Å²) in [6.45, 7) is 2.11. The molecule has 98 valence electrons. The van der Waals surface area contributed by atoms with Crippen LogP contribution in [0.25, 0.3) is 0 Å². The number of pyridine rings is 1. The number of aromatic nitrogens is 1. The van der Waals surface area contributed by atoms with Crippen molar-refractivity contribution in [1.82, 2.24) is 4.98 Å². The van der Waals surface area contributed by atoms with Crippen molar-refractivity contribution >= 4 is 23.2 Å². The quantitative estimate of drug-likeness (QED) is 0.762. The highest BCUT2D eigenvalue weighted by atomic mass is 35.5. The number of nitrogens with zero attached hydrogens (tertiary/aromatic N) is 1. The molecule has 2 heterocycles. The Kier molecular flexibility index (Phi) is 3.25. The Labute approximate surface area is 122 Å². The summed E-state index contributed by atoms with van der Waals surface area (Å²) in [5, 5.41) is 1.29. The van der Waals surface area contributed by atoms with Crippen LogP contribution in [0.4, 0.5) is 0 Å². The molecule has 0 N–H and O–H groups in total. The topological polar surface area (TPSA) is 25.4 Å². The molecule has 0 aliphatic carbocycles. The zero-order valence-corrected chi connectivity index (χ0v) is 11.9. The van der Waals surface area contributed by atoms with E-state index in [1.165, 1.54) is 0 Å². The van der Waals surface area contributed by atoms with Crippen molar-refractivity contribution in [2.24, 2.45) is 0 Å². The van der Waals surface area contributed by atoms with E-state index in [1.54, 1.807) is 12.3 Å². The minimum Gasteiger partial charge on any atom is -0.356 e. The number of benzene rings is 1. The van der Waals surface area contributed by atoms with Gasteiger partial charge in [-0.05, 0) is 24.6 Å². The van der Waals surface area contributed by atoms with Crippen molar-refractivity contribution in [3.8, 4) is 0 Å². The minimum absolute atomic E-state index is 0.0218. The fourth-order valence-corrected chi connectivity index (χ4v) is 3.02. The minimum atomic E-state index is -0.300. The molecular formula is C15H13Cl2NO. The van der Waals surface area contributed by atoms with Crippen LogP contribution in [0.15, 0.2) is 42.7 Å². The van der Waals surface area contributed by atoms with Crippen LogP contribution in [-0.2, 0) is 10.3 Å². The molecule has 2 aromatic rings. The highest BCUT2D eigenvalue weighted by Crippen LogP contribution is 2.60. The fraction of sp³-hybridized carbons (Fsp3) is 0.267. The van der Waals surface area contributed by atoms with Gasteiger partial charge in [0.15, 0.2) is 0 Å². The van der Waals surface area contributed by atoms with Crippen molar-refractivity contribution < 1.29 is 4.74 Å². The average Bonchev–Trinajstić information content (AvgIpc) is 3.15. The molecular weight excluding hydrogens is 281 g/mol. The summed E-state index contributed by atoms with van der Waals surface area (Å²) in [5.74, 6) is 0. The first-order valence-corrected chi connectivity index (χ1v) is 6.96. The number of rotatable bonds is 3. The highest BCUT2D eigenvalue weighted by molar-refractivity contribution is 6.35. The third-order valence-electron chi connectivity index (χ3n) is 3.61. The normalized spacial score (nSPS) is 25.3. The van der Waals surface area contributed by atoms with E-state index in [2.05, 4.69) is 11.9 Å². The smallest absolute Gasteiger partial charge is 0.126 e. The van der Waals surface area contributed by atoms with Crippen LogP contribution in [0.2, 0.25) is 10.0 Å². The Hall–Kier alpha value is -1.09. The summed E-state index contributed by atoms with van der Waals surface area (Å²) in [7, 11) is 0. The molecule has 1 fully saturated rings. The van der Waals surface area contributed by atoms with Crippen molar-refractivity contribution in [3.05, 3.63) is 63.9 Å². The summed E-state index contributed by atoms with van der Waals surface area (Å²) < 4.78 is 5.98. The first-order valence-electron chi connectivity index (χ1n) is 6.20. The standard InChI is InChI=1S/C15H13Cl2NO/c1-2-15(10-4-3-7-18-9-10)14(19-15)12-6-5-11(16)8-13(12)17/h3-9,14H,2H2,1H3. The van der Waals surface area contributed by atoms with Crippen LogP contribution in [0.3, 0.4) is 0 Å². The molecule has 3 rings (SSSR count). The fourth-order valence-electron chi connectivity index (χ4n) is 2.51. The van der Waals surface area contributed by atoms with Crippen LogP contribution in [0, 0.1) is 0 Å².